The van der Waals surface area contributed by atoms with Crippen LogP contribution in [0.3, 0.4) is 0 Å². The van der Waals surface area contributed by atoms with Crippen LogP contribution < -0.4 is 5.32 Å². The maximum atomic E-state index is 3.38. The van der Waals surface area contributed by atoms with Gasteiger partial charge in [-0.25, -0.2) is 0 Å². The lowest BCUT2D eigenvalue weighted by atomic mass is 10.1. The lowest BCUT2D eigenvalue weighted by molar-refractivity contribution is 0.517. The van der Waals surface area contributed by atoms with Gasteiger partial charge in [0.25, 0.3) is 0 Å². The molecule has 1 atom stereocenters. The molecule has 2 rings (SSSR count). The molecule has 0 saturated carbocycles. The number of fused-ring (bicyclic) bond motifs is 1. The van der Waals surface area contributed by atoms with Crippen LogP contribution in [-0.2, 0) is 12.8 Å². The van der Waals surface area contributed by atoms with Crippen molar-refractivity contribution < 1.29 is 0 Å². The molecule has 1 unspecified atom stereocenters. The normalized spacial score (nSPS) is 21.5. The van der Waals surface area contributed by atoms with Crippen molar-refractivity contribution in [1.82, 2.24) is 5.32 Å². The van der Waals surface area contributed by atoms with Crippen molar-refractivity contribution in [3.8, 4) is 0 Å². The molecule has 1 aliphatic carbocycles. The monoisotopic (exact) mass is 217 g/mol. The lowest BCUT2D eigenvalue weighted by Gasteiger charge is -2.11. The standard InChI is InChI=1S/C10H15NS.ClH/c1-11-9-3-2-4-10-8(7-9)5-6-12-10;/h5-6,9,11H,2-4,7H2,1H3;1H. The maximum Gasteiger partial charge on any atom is 0.0105 e. The van der Waals surface area contributed by atoms with Crippen molar-refractivity contribution in [2.24, 2.45) is 0 Å². The van der Waals surface area contributed by atoms with Gasteiger partial charge in [0.05, 0.1) is 0 Å². The van der Waals surface area contributed by atoms with Crippen LogP contribution in [0.5, 0.6) is 0 Å². The van der Waals surface area contributed by atoms with Gasteiger partial charge in [-0.3, -0.25) is 0 Å². The number of hydrogen-bond donors (Lipinski definition) is 1. The van der Waals surface area contributed by atoms with Crippen LogP contribution in [-0.4, -0.2) is 13.1 Å². The van der Waals surface area contributed by atoms with Crippen molar-refractivity contribution in [3.63, 3.8) is 0 Å². The van der Waals surface area contributed by atoms with Crippen LogP contribution in [0.2, 0.25) is 0 Å². The molecule has 0 aliphatic heterocycles. The minimum absolute atomic E-state index is 0. The van der Waals surface area contributed by atoms with E-state index in [1.54, 1.807) is 10.4 Å². The molecule has 1 aliphatic rings. The Morgan fingerprint density at radius 1 is 1.54 bits per heavy atom. The van der Waals surface area contributed by atoms with Gasteiger partial charge < -0.3 is 5.32 Å². The van der Waals surface area contributed by atoms with E-state index in [-0.39, 0.29) is 12.4 Å². The van der Waals surface area contributed by atoms with Crippen LogP contribution in [0.1, 0.15) is 23.3 Å². The summed E-state index contributed by atoms with van der Waals surface area (Å²) in [6.45, 7) is 0. The van der Waals surface area contributed by atoms with Crippen LogP contribution in [0, 0.1) is 0 Å². The Balaban J connectivity index is 0.000000845. The summed E-state index contributed by atoms with van der Waals surface area (Å²) in [6.07, 6.45) is 5.21. The van der Waals surface area contributed by atoms with E-state index in [0.717, 1.165) is 0 Å². The average molecular weight is 218 g/mol. The summed E-state index contributed by atoms with van der Waals surface area (Å²) in [5.41, 5.74) is 1.58. The van der Waals surface area contributed by atoms with Gasteiger partial charge in [-0.05, 0) is 49.7 Å². The maximum absolute atomic E-state index is 3.38. The van der Waals surface area contributed by atoms with Gasteiger partial charge in [-0.1, -0.05) is 0 Å². The topological polar surface area (TPSA) is 12.0 Å². The Kier molecular flexibility index (Phi) is 4.23. The fourth-order valence-electron chi connectivity index (χ4n) is 1.89. The SMILES string of the molecule is CNC1CCCc2sccc2C1.Cl. The van der Waals surface area contributed by atoms with Gasteiger partial charge >= 0.3 is 0 Å². The zero-order valence-corrected chi connectivity index (χ0v) is 9.51. The first kappa shape index (κ1) is 11.0. The number of halogens is 1. The molecule has 1 N–H and O–H groups in total. The smallest absolute Gasteiger partial charge is 0.0105 e. The third-order valence-electron chi connectivity index (χ3n) is 2.67. The number of likely N-dealkylation sites (N-methyl/N-ethyl adjacent to an activating group) is 1. The summed E-state index contributed by atoms with van der Waals surface area (Å²) in [5.74, 6) is 0. The van der Waals surface area contributed by atoms with E-state index in [1.165, 1.54) is 25.7 Å². The van der Waals surface area contributed by atoms with Gasteiger partial charge in [-0.2, -0.15) is 0 Å². The fourth-order valence-corrected chi connectivity index (χ4v) is 2.85. The predicted molar refractivity (Wildman–Crippen MR) is 61.1 cm³/mol. The van der Waals surface area contributed by atoms with Crippen LogP contribution in [0.4, 0.5) is 0 Å². The molecular formula is C10H16ClNS. The Hall–Kier alpha value is -0.0500. The van der Waals surface area contributed by atoms with Gasteiger partial charge in [0, 0.05) is 10.9 Å². The van der Waals surface area contributed by atoms with E-state index >= 15 is 0 Å². The molecular weight excluding hydrogens is 202 g/mol. The first-order valence-corrected chi connectivity index (χ1v) is 5.50. The molecule has 13 heavy (non-hydrogen) atoms. The van der Waals surface area contributed by atoms with Crippen molar-refractivity contribution in [3.05, 3.63) is 21.9 Å². The highest BCUT2D eigenvalue weighted by Gasteiger charge is 2.15. The molecule has 74 valence electrons. The third kappa shape index (κ3) is 2.46. The predicted octanol–water partition coefficient (Wildman–Crippen LogP) is 2.64. The van der Waals surface area contributed by atoms with Gasteiger partial charge in [0.2, 0.25) is 0 Å². The largest absolute Gasteiger partial charge is 0.317 e. The molecule has 1 nitrogen and oxygen atoms in total. The highest BCUT2D eigenvalue weighted by Crippen LogP contribution is 2.25. The minimum atomic E-state index is 0. The molecule has 0 spiro atoms. The lowest BCUT2D eigenvalue weighted by Crippen LogP contribution is -2.26. The zero-order valence-electron chi connectivity index (χ0n) is 7.88. The number of thiophene rings is 1. The average Bonchev–Trinajstić information content (AvgIpc) is 2.43. The summed E-state index contributed by atoms with van der Waals surface area (Å²) < 4.78 is 0. The van der Waals surface area contributed by atoms with Gasteiger partial charge in [0.1, 0.15) is 0 Å². The Morgan fingerprint density at radius 3 is 3.15 bits per heavy atom. The second kappa shape index (κ2) is 4.99. The molecule has 0 saturated heterocycles. The molecule has 3 heteroatoms. The molecule has 0 aromatic carbocycles. The van der Waals surface area contributed by atoms with Gasteiger partial charge in [-0.15, -0.1) is 23.7 Å². The Morgan fingerprint density at radius 2 is 2.38 bits per heavy atom. The van der Waals surface area contributed by atoms with E-state index in [4.69, 9.17) is 0 Å². The van der Waals surface area contributed by atoms with E-state index < -0.39 is 0 Å². The number of hydrogen-bond acceptors (Lipinski definition) is 2. The summed E-state index contributed by atoms with van der Waals surface area (Å²) in [7, 11) is 2.07. The second-order valence-corrected chi connectivity index (χ2v) is 4.45. The van der Waals surface area contributed by atoms with Gasteiger partial charge in [0.15, 0.2) is 0 Å². The van der Waals surface area contributed by atoms with E-state index in [2.05, 4.69) is 23.8 Å². The number of nitrogens with one attached hydrogen (secondary N) is 1. The summed E-state index contributed by atoms with van der Waals surface area (Å²) in [4.78, 5) is 1.62. The van der Waals surface area contributed by atoms with Crippen molar-refractivity contribution >= 4 is 23.7 Å². The quantitative estimate of drug-likeness (QED) is 0.714. The molecule has 0 fully saturated rings. The second-order valence-electron chi connectivity index (χ2n) is 3.45. The summed E-state index contributed by atoms with van der Waals surface area (Å²) in [6, 6.07) is 3.00. The van der Waals surface area contributed by atoms with Crippen LogP contribution >= 0.6 is 23.7 Å². The van der Waals surface area contributed by atoms with Crippen molar-refractivity contribution in [2.75, 3.05) is 7.05 Å². The fraction of sp³-hybridized carbons (Fsp3) is 0.600. The Bertz CT molecular complexity index is 259. The van der Waals surface area contributed by atoms with Crippen LogP contribution in [0.15, 0.2) is 11.4 Å². The van der Waals surface area contributed by atoms with E-state index in [9.17, 15) is 0 Å². The first-order chi connectivity index (χ1) is 5.90. The third-order valence-corrected chi connectivity index (χ3v) is 3.69. The van der Waals surface area contributed by atoms with Crippen molar-refractivity contribution in [1.29, 1.82) is 0 Å². The summed E-state index contributed by atoms with van der Waals surface area (Å²) >= 11 is 1.92. The minimum Gasteiger partial charge on any atom is -0.317 e. The number of aryl methyl sites for hydroxylation is 1. The van der Waals surface area contributed by atoms with E-state index in [1.807, 2.05) is 11.3 Å². The summed E-state index contributed by atoms with van der Waals surface area (Å²) in [5, 5.41) is 5.60. The molecule has 0 bridgehead atoms. The van der Waals surface area contributed by atoms with Crippen molar-refractivity contribution in [2.45, 2.75) is 31.7 Å². The highest BCUT2D eigenvalue weighted by atomic mass is 35.5. The van der Waals surface area contributed by atoms with Crippen LogP contribution in [0.25, 0.3) is 0 Å². The molecule has 1 aromatic heterocycles. The number of rotatable bonds is 1. The first-order valence-electron chi connectivity index (χ1n) is 4.62. The molecule has 1 heterocycles. The Labute approximate surface area is 90.0 Å². The molecule has 0 amide bonds. The zero-order chi connectivity index (χ0) is 8.39. The highest BCUT2D eigenvalue weighted by molar-refractivity contribution is 7.10. The molecule has 0 radical (unpaired) electrons. The molecule has 1 aromatic rings. The van der Waals surface area contributed by atoms with E-state index in [0.29, 0.717) is 6.04 Å².